The second kappa shape index (κ2) is 9.63. The van der Waals surface area contributed by atoms with Crippen molar-refractivity contribution in [1.82, 2.24) is 4.90 Å². The molecule has 0 fully saturated rings. The van der Waals surface area contributed by atoms with Crippen molar-refractivity contribution in [1.29, 1.82) is 0 Å². The zero-order valence-corrected chi connectivity index (χ0v) is 19.8. The number of carbonyl (C=O) groups excluding carboxylic acids is 1. The van der Waals surface area contributed by atoms with E-state index < -0.39 is 0 Å². The van der Waals surface area contributed by atoms with Crippen molar-refractivity contribution in [3.05, 3.63) is 81.9 Å². The monoisotopic (exact) mass is 467 g/mol. The van der Waals surface area contributed by atoms with E-state index in [1.54, 1.807) is 52.7 Å². The molecule has 33 heavy (non-hydrogen) atoms. The normalized spacial score (nSPS) is 14.9. The standard InChI is InChI=1S/C26H26ClNO5/c1-30-21-10-7-18(14-22(21)31-2)25-20-15-24(33-4)23(32-3)13-17(20)11-12-28(25)26(29)16-5-8-19(27)9-6-16/h5-10,13-15,25H,11-12H2,1-4H3/t25-/m1/s1. The van der Waals surface area contributed by atoms with Crippen LogP contribution >= 0.6 is 11.6 Å². The number of carbonyl (C=O) groups is 1. The van der Waals surface area contributed by atoms with Crippen molar-refractivity contribution in [2.75, 3.05) is 35.0 Å². The summed E-state index contributed by atoms with van der Waals surface area (Å²) in [7, 11) is 6.42. The Kier molecular flexibility index (Phi) is 6.65. The lowest BCUT2D eigenvalue weighted by atomic mass is 9.87. The van der Waals surface area contributed by atoms with Crippen LogP contribution in [0.1, 0.15) is 33.1 Å². The molecule has 1 amide bonds. The Morgan fingerprint density at radius 2 is 1.42 bits per heavy atom. The average Bonchev–Trinajstić information content (AvgIpc) is 2.86. The van der Waals surface area contributed by atoms with Crippen molar-refractivity contribution in [3.8, 4) is 23.0 Å². The van der Waals surface area contributed by atoms with E-state index in [0.29, 0.717) is 46.5 Å². The number of benzene rings is 3. The van der Waals surface area contributed by atoms with E-state index in [9.17, 15) is 4.79 Å². The second-order valence-corrected chi connectivity index (χ2v) is 8.11. The molecule has 0 saturated heterocycles. The molecule has 0 radical (unpaired) electrons. The molecule has 1 aliphatic heterocycles. The van der Waals surface area contributed by atoms with Crippen LogP contribution in [0.3, 0.4) is 0 Å². The van der Waals surface area contributed by atoms with E-state index >= 15 is 0 Å². The molecule has 1 aliphatic rings. The molecule has 4 rings (SSSR count). The fraction of sp³-hybridized carbons (Fsp3) is 0.269. The van der Waals surface area contributed by atoms with E-state index in [1.165, 1.54) is 0 Å². The van der Waals surface area contributed by atoms with E-state index in [4.69, 9.17) is 30.5 Å². The summed E-state index contributed by atoms with van der Waals surface area (Å²) < 4.78 is 22.0. The van der Waals surface area contributed by atoms with Gasteiger partial charge >= 0.3 is 0 Å². The summed E-state index contributed by atoms with van der Waals surface area (Å²) in [5.74, 6) is 2.43. The van der Waals surface area contributed by atoms with Gasteiger partial charge in [-0.25, -0.2) is 0 Å². The second-order valence-electron chi connectivity index (χ2n) is 7.68. The highest BCUT2D eigenvalue weighted by molar-refractivity contribution is 6.30. The van der Waals surface area contributed by atoms with Gasteiger partial charge in [0.15, 0.2) is 23.0 Å². The van der Waals surface area contributed by atoms with E-state index in [2.05, 4.69) is 0 Å². The Morgan fingerprint density at radius 1 is 0.818 bits per heavy atom. The van der Waals surface area contributed by atoms with Crippen LogP contribution in [-0.2, 0) is 6.42 Å². The first-order chi connectivity index (χ1) is 16.0. The predicted octanol–water partition coefficient (Wildman–Crippen LogP) is 5.16. The molecular weight excluding hydrogens is 442 g/mol. The van der Waals surface area contributed by atoms with E-state index in [0.717, 1.165) is 16.7 Å². The van der Waals surface area contributed by atoms with Gasteiger partial charge in [-0.1, -0.05) is 17.7 Å². The number of nitrogens with zero attached hydrogens (tertiary/aromatic N) is 1. The van der Waals surface area contributed by atoms with Crippen LogP contribution in [0.25, 0.3) is 0 Å². The molecule has 0 spiro atoms. The molecule has 0 aromatic heterocycles. The van der Waals surface area contributed by atoms with Gasteiger partial charge in [-0.2, -0.15) is 0 Å². The number of ether oxygens (including phenoxy) is 4. The molecule has 0 saturated carbocycles. The van der Waals surface area contributed by atoms with Crippen LogP contribution in [0, 0.1) is 0 Å². The molecular formula is C26H26ClNO5. The van der Waals surface area contributed by atoms with Crippen LogP contribution < -0.4 is 18.9 Å². The fourth-order valence-corrected chi connectivity index (χ4v) is 4.43. The molecule has 0 bridgehead atoms. The maximum absolute atomic E-state index is 13.6. The third-order valence-corrected chi connectivity index (χ3v) is 6.20. The van der Waals surface area contributed by atoms with Crippen molar-refractivity contribution in [3.63, 3.8) is 0 Å². The van der Waals surface area contributed by atoms with Crippen molar-refractivity contribution < 1.29 is 23.7 Å². The molecule has 0 unspecified atom stereocenters. The minimum Gasteiger partial charge on any atom is -0.493 e. The molecule has 3 aromatic rings. The number of halogens is 1. The first-order valence-electron chi connectivity index (χ1n) is 10.5. The highest BCUT2D eigenvalue weighted by Crippen LogP contribution is 2.43. The van der Waals surface area contributed by atoms with Crippen molar-refractivity contribution in [2.45, 2.75) is 12.5 Å². The molecule has 0 aliphatic carbocycles. The number of hydrogen-bond acceptors (Lipinski definition) is 5. The summed E-state index contributed by atoms with van der Waals surface area (Å²) in [6.07, 6.45) is 0.693. The van der Waals surface area contributed by atoms with Crippen LogP contribution in [0.5, 0.6) is 23.0 Å². The van der Waals surface area contributed by atoms with E-state index in [-0.39, 0.29) is 11.9 Å². The molecule has 3 aromatic carbocycles. The van der Waals surface area contributed by atoms with Gasteiger partial charge in [0.2, 0.25) is 0 Å². The summed E-state index contributed by atoms with van der Waals surface area (Å²) in [5.41, 5.74) is 3.57. The molecule has 1 heterocycles. The Labute approximate surface area is 198 Å². The summed E-state index contributed by atoms with van der Waals surface area (Å²) in [5, 5.41) is 0.587. The molecule has 0 N–H and O–H groups in total. The quantitative estimate of drug-likeness (QED) is 0.501. The zero-order chi connectivity index (χ0) is 23.5. The lowest BCUT2D eigenvalue weighted by Crippen LogP contribution is -2.40. The summed E-state index contributed by atoms with van der Waals surface area (Å²) in [4.78, 5) is 15.5. The van der Waals surface area contributed by atoms with Gasteiger partial charge < -0.3 is 23.8 Å². The Balaban J connectivity index is 1.87. The number of rotatable bonds is 6. The Hall–Kier alpha value is -3.38. The van der Waals surface area contributed by atoms with Gasteiger partial charge in [-0.15, -0.1) is 0 Å². The minimum absolute atomic E-state index is 0.0770. The molecule has 172 valence electrons. The van der Waals surface area contributed by atoms with Crippen LogP contribution in [0.4, 0.5) is 0 Å². The lowest BCUT2D eigenvalue weighted by molar-refractivity contribution is 0.0694. The predicted molar refractivity (Wildman–Crippen MR) is 127 cm³/mol. The Bertz CT molecular complexity index is 1160. The number of methoxy groups -OCH3 is 4. The van der Waals surface area contributed by atoms with Gasteiger partial charge in [-0.3, -0.25) is 4.79 Å². The molecule has 7 heteroatoms. The lowest BCUT2D eigenvalue weighted by Gasteiger charge is -2.38. The van der Waals surface area contributed by atoms with Crippen molar-refractivity contribution >= 4 is 17.5 Å². The zero-order valence-electron chi connectivity index (χ0n) is 19.1. The largest absolute Gasteiger partial charge is 0.493 e. The average molecular weight is 468 g/mol. The highest BCUT2D eigenvalue weighted by atomic mass is 35.5. The fourth-order valence-electron chi connectivity index (χ4n) is 4.31. The van der Waals surface area contributed by atoms with Gasteiger partial charge in [-0.05, 0) is 71.6 Å². The summed E-state index contributed by atoms with van der Waals surface area (Å²) in [6.45, 7) is 0.545. The van der Waals surface area contributed by atoms with Crippen LogP contribution in [0.15, 0.2) is 54.6 Å². The first-order valence-corrected chi connectivity index (χ1v) is 10.9. The van der Waals surface area contributed by atoms with Crippen LogP contribution in [-0.4, -0.2) is 45.8 Å². The maximum atomic E-state index is 13.6. The van der Waals surface area contributed by atoms with Crippen LogP contribution in [0.2, 0.25) is 5.02 Å². The molecule has 1 atom stereocenters. The van der Waals surface area contributed by atoms with Gasteiger partial charge in [0.05, 0.1) is 34.5 Å². The van der Waals surface area contributed by atoms with Crippen molar-refractivity contribution in [2.24, 2.45) is 0 Å². The topological polar surface area (TPSA) is 57.2 Å². The third kappa shape index (κ3) is 4.31. The number of fused-ring (bicyclic) bond motifs is 1. The van der Waals surface area contributed by atoms with Gasteiger partial charge in [0, 0.05) is 17.1 Å². The van der Waals surface area contributed by atoms with E-state index in [1.807, 2.05) is 35.2 Å². The van der Waals surface area contributed by atoms with Gasteiger partial charge in [0.25, 0.3) is 5.91 Å². The van der Waals surface area contributed by atoms with Gasteiger partial charge in [0.1, 0.15) is 0 Å². The maximum Gasteiger partial charge on any atom is 0.254 e. The molecule has 6 nitrogen and oxygen atoms in total. The third-order valence-electron chi connectivity index (χ3n) is 5.95. The summed E-state index contributed by atoms with van der Waals surface area (Å²) >= 11 is 6.04. The SMILES string of the molecule is COc1ccc([C@@H]2c3cc(OC)c(OC)cc3CCN2C(=O)c2ccc(Cl)cc2)cc1OC. The highest BCUT2D eigenvalue weighted by Gasteiger charge is 2.34. The Morgan fingerprint density at radius 3 is 2.06 bits per heavy atom. The first kappa shape index (κ1) is 22.8. The summed E-state index contributed by atoms with van der Waals surface area (Å²) in [6, 6.07) is 16.3. The number of amides is 1. The number of hydrogen-bond donors (Lipinski definition) is 0. The smallest absolute Gasteiger partial charge is 0.254 e. The minimum atomic E-state index is -0.350.